The second kappa shape index (κ2) is 6.54. The molecule has 0 saturated carbocycles. The van der Waals surface area contributed by atoms with Gasteiger partial charge >= 0.3 is 0 Å². The molecule has 3 aromatic rings. The molecule has 0 aliphatic carbocycles. The van der Waals surface area contributed by atoms with E-state index in [1.165, 1.54) is 11.5 Å². The number of fused-ring (bicyclic) bond motifs is 1. The predicted molar refractivity (Wildman–Crippen MR) is 97.2 cm³/mol. The molecule has 7 nitrogen and oxygen atoms in total. The summed E-state index contributed by atoms with van der Waals surface area (Å²) in [5.74, 6) is 0.157. The van der Waals surface area contributed by atoms with E-state index in [4.69, 9.17) is 5.73 Å². The Balaban J connectivity index is 1.79. The first-order valence-corrected chi connectivity index (χ1v) is 8.83. The summed E-state index contributed by atoms with van der Waals surface area (Å²) in [4.78, 5) is 22.9. The summed E-state index contributed by atoms with van der Waals surface area (Å²) in [7, 11) is 0. The van der Waals surface area contributed by atoms with Gasteiger partial charge in [-0.1, -0.05) is 0 Å². The second-order valence-electron chi connectivity index (χ2n) is 5.91. The molecule has 0 bridgehead atoms. The molecule has 3 aromatic heterocycles. The highest BCUT2D eigenvalue weighted by atomic mass is 32.1. The van der Waals surface area contributed by atoms with Gasteiger partial charge in [-0.3, -0.25) is 9.78 Å². The van der Waals surface area contributed by atoms with Crippen molar-refractivity contribution in [2.24, 2.45) is 0 Å². The summed E-state index contributed by atoms with van der Waals surface area (Å²) >= 11 is 1.31. The largest absolute Gasteiger partial charge is 0.383 e. The molecule has 0 saturated heterocycles. The van der Waals surface area contributed by atoms with Crippen LogP contribution in [-0.4, -0.2) is 31.7 Å². The topological polar surface area (TPSA) is 109 Å². The molecule has 0 spiro atoms. The Labute approximate surface area is 153 Å². The number of carbonyl (C=O) groups excluding carboxylic acids is 1. The van der Waals surface area contributed by atoms with E-state index in [2.05, 4.69) is 20.4 Å². The Morgan fingerprint density at radius 3 is 2.85 bits per heavy atom. The van der Waals surface area contributed by atoms with Crippen molar-refractivity contribution in [3.8, 4) is 17.2 Å². The summed E-state index contributed by atoms with van der Waals surface area (Å²) in [6, 6.07) is 5.55. The number of nitriles is 1. The smallest absolute Gasteiger partial charge is 0.254 e. The van der Waals surface area contributed by atoms with Crippen LogP contribution in [0.25, 0.3) is 11.1 Å². The number of aromatic nitrogens is 3. The van der Waals surface area contributed by atoms with Gasteiger partial charge in [0.2, 0.25) is 0 Å². The Kier molecular flexibility index (Phi) is 4.07. The normalized spacial score (nSPS) is 13.1. The lowest BCUT2D eigenvalue weighted by Gasteiger charge is -2.30. The number of anilines is 1. The molecular formula is C18H14N6OS. The van der Waals surface area contributed by atoms with Gasteiger partial charge in [-0.05, 0) is 23.7 Å². The van der Waals surface area contributed by atoms with Crippen LogP contribution in [0.2, 0.25) is 0 Å². The number of nitrogen functional groups attached to an aromatic ring is 1. The first-order chi connectivity index (χ1) is 12.7. The van der Waals surface area contributed by atoms with Crippen molar-refractivity contribution >= 4 is 23.3 Å². The third-order valence-electron chi connectivity index (χ3n) is 4.43. The summed E-state index contributed by atoms with van der Waals surface area (Å²) in [6.07, 6.45) is 5.50. The van der Waals surface area contributed by atoms with Crippen molar-refractivity contribution in [3.05, 3.63) is 58.5 Å². The highest BCUT2D eigenvalue weighted by Gasteiger charge is 2.28. The van der Waals surface area contributed by atoms with E-state index < -0.39 is 0 Å². The van der Waals surface area contributed by atoms with Gasteiger partial charge in [-0.15, -0.1) is 0 Å². The Hall–Kier alpha value is -3.31. The van der Waals surface area contributed by atoms with Gasteiger partial charge in [-0.2, -0.15) is 5.26 Å². The number of rotatable bonds is 2. The maximum absolute atomic E-state index is 12.8. The van der Waals surface area contributed by atoms with Crippen molar-refractivity contribution in [2.45, 2.75) is 13.0 Å². The van der Waals surface area contributed by atoms with E-state index >= 15 is 0 Å². The summed E-state index contributed by atoms with van der Waals surface area (Å²) in [5, 5.41) is 11.5. The van der Waals surface area contributed by atoms with Crippen LogP contribution in [0.1, 0.15) is 27.2 Å². The minimum atomic E-state index is -0.0669. The molecule has 0 atom stereocenters. The van der Waals surface area contributed by atoms with Crippen LogP contribution in [0.3, 0.4) is 0 Å². The Morgan fingerprint density at radius 2 is 2.15 bits per heavy atom. The van der Waals surface area contributed by atoms with Gasteiger partial charge in [0.25, 0.3) is 5.91 Å². The van der Waals surface area contributed by atoms with E-state index in [-0.39, 0.29) is 11.7 Å². The molecule has 1 amide bonds. The molecule has 2 N–H and O–H groups in total. The first kappa shape index (κ1) is 16.2. The van der Waals surface area contributed by atoms with Crippen LogP contribution in [0.15, 0.2) is 36.1 Å². The summed E-state index contributed by atoms with van der Waals surface area (Å²) < 4.78 is 4.14. The van der Waals surface area contributed by atoms with Gasteiger partial charge in [0.15, 0.2) is 0 Å². The molecule has 4 rings (SSSR count). The minimum Gasteiger partial charge on any atom is -0.383 e. The SMILES string of the molecule is N#Cc1c(N)nc2c(c1-c1cnsc1)CN(C(=O)c1ccncc1)CC2. The lowest BCUT2D eigenvalue weighted by Crippen LogP contribution is -2.37. The lowest BCUT2D eigenvalue weighted by atomic mass is 9.92. The molecule has 0 aromatic carbocycles. The van der Waals surface area contributed by atoms with Crippen LogP contribution < -0.4 is 5.73 Å². The zero-order chi connectivity index (χ0) is 18.1. The highest BCUT2D eigenvalue weighted by Crippen LogP contribution is 2.35. The molecule has 1 aliphatic heterocycles. The molecule has 0 radical (unpaired) electrons. The average Bonchev–Trinajstić information content (AvgIpc) is 3.21. The zero-order valence-corrected chi connectivity index (χ0v) is 14.5. The number of hydrogen-bond donors (Lipinski definition) is 1. The van der Waals surface area contributed by atoms with Gasteiger partial charge in [-0.25, -0.2) is 9.36 Å². The average molecular weight is 362 g/mol. The lowest BCUT2D eigenvalue weighted by molar-refractivity contribution is 0.0734. The fourth-order valence-corrected chi connectivity index (χ4v) is 3.72. The summed E-state index contributed by atoms with van der Waals surface area (Å²) in [6.45, 7) is 0.928. The molecular weight excluding hydrogens is 348 g/mol. The Bertz CT molecular complexity index is 1010. The van der Waals surface area contributed by atoms with Crippen LogP contribution in [0.4, 0.5) is 5.82 Å². The van der Waals surface area contributed by atoms with Crippen LogP contribution in [0.5, 0.6) is 0 Å². The third-order valence-corrected chi connectivity index (χ3v) is 5.01. The van der Waals surface area contributed by atoms with E-state index in [0.29, 0.717) is 30.6 Å². The number of nitrogens with zero attached hydrogens (tertiary/aromatic N) is 5. The molecule has 4 heterocycles. The van der Waals surface area contributed by atoms with Crippen LogP contribution in [0, 0.1) is 11.3 Å². The van der Waals surface area contributed by atoms with Gasteiger partial charge < -0.3 is 10.6 Å². The number of nitrogens with two attached hydrogens (primary N) is 1. The highest BCUT2D eigenvalue weighted by molar-refractivity contribution is 7.03. The minimum absolute atomic E-state index is 0.0669. The second-order valence-corrected chi connectivity index (χ2v) is 6.57. The van der Waals surface area contributed by atoms with Crippen molar-refractivity contribution < 1.29 is 4.79 Å². The van der Waals surface area contributed by atoms with Crippen molar-refractivity contribution in [1.29, 1.82) is 5.26 Å². The van der Waals surface area contributed by atoms with E-state index in [1.54, 1.807) is 35.6 Å². The monoisotopic (exact) mass is 362 g/mol. The number of hydrogen-bond acceptors (Lipinski definition) is 7. The van der Waals surface area contributed by atoms with E-state index in [0.717, 1.165) is 22.4 Å². The van der Waals surface area contributed by atoms with E-state index in [1.807, 2.05) is 5.38 Å². The van der Waals surface area contributed by atoms with Crippen LogP contribution >= 0.6 is 11.5 Å². The van der Waals surface area contributed by atoms with Gasteiger partial charge in [0.1, 0.15) is 17.5 Å². The maximum Gasteiger partial charge on any atom is 0.254 e. The quantitative estimate of drug-likeness (QED) is 0.749. The Morgan fingerprint density at radius 1 is 1.35 bits per heavy atom. The van der Waals surface area contributed by atoms with E-state index in [9.17, 15) is 10.1 Å². The van der Waals surface area contributed by atoms with Crippen molar-refractivity contribution in [2.75, 3.05) is 12.3 Å². The fraction of sp³-hybridized carbons (Fsp3) is 0.167. The molecule has 1 aliphatic rings. The standard InChI is InChI=1S/C18H14N6OS/c19-7-13-16(12-8-22-26-10-12)14-9-24(6-3-15(14)23-17(13)20)18(25)11-1-4-21-5-2-11/h1-2,4-5,8,10H,3,6,9H2,(H2,20,23). The predicted octanol–water partition coefficient (Wildman–Crippen LogP) is 2.25. The summed E-state index contributed by atoms with van der Waals surface area (Å²) in [5.41, 5.74) is 10.2. The molecule has 0 fully saturated rings. The van der Waals surface area contributed by atoms with Crippen molar-refractivity contribution in [3.63, 3.8) is 0 Å². The molecule has 128 valence electrons. The number of carbonyl (C=O) groups is 1. The van der Waals surface area contributed by atoms with Crippen molar-refractivity contribution in [1.82, 2.24) is 19.2 Å². The number of amides is 1. The van der Waals surface area contributed by atoms with Gasteiger partial charge in [0, 0.05) is 65.7 Å². The zero-order valence-electron chi connectivity index (χ0n) is 13.7. The molecule has 26 heavy (non-hydrogen) atoms. The fourth-order valence-electron chi connectivity index (χ4n) is 3.19. The molecule has 0 unspecified atom stereocenters. The third kappa shape index (κ3) is 2.68. The van der Waals surface area contributed by atoms with Gasteiger partial charge in [0.05, 0.1) is 5.69 Å². The van der Waals surface area contributed by atoms with Crippen LogP contribution in [-0.2, 0) is 13.0 Å². The first-order valence-electron chi connectivity index (χ1n) is 7.99. The number of pyridine rings is 2. The maximum atomic E-state index is 12.8. The molecule has 8 heteroatoms.